The topological polar surface area (TPSA) is 17.1 Å². The zero-order valence-electron chi connectivity index (χ0n) is 9.31. The molecule has 14 heavy (non-hydrogen) atoms. The molecule has 1 spiro atoms. The summed E-state index contributed by atoms with van der Waals surface area (Å²) >= 11 is 0. The number of carbonyl (C=O) groups excluding carboxylic acids is 1. The predicted octanol–water partition coefficient (Wildman–Crippen LogP) is 3.18. The minimum absolute atomic E-state index is 0.310. The van der Waals surface area contributed by atoms with Crippen molar-refractivity contribution in [3.8, 4) is 0 Å². The Kier molecular flexibility index (Phi) is 1.55. The molecule has 0 amide bonds. The summed E-state index contributed by atoms with van der Waals surface area (Å²) in [7, 11) is 0. The number of hydrogen-bond donors (Lipinski definition) is 0. The largest absolute Gasteiger partial charge is 0.299 e. The first-order chi connectivity index (χ1) is 6.56. The fraction of sp³-hybridized carbons (Fsp3) is 0.923. The maximum Gasteiger partial charge on any atom is 0.136 e. The molecule has 3 fully saturated rings. The molecule has 0 saturated heterocycles. The highest BCUT2D eigenvalue weighted by Crippen LogP contribution is 2.68. The lowest BCUT2D eigenvalue weighted by molar-refractivity contribution is -0.127. The van der Waals surface area contributed by atoms with E-state index in [1.165, 1.54) is 32.1 Å². The summed E-state index contributed by atoms with van der Waals surface area (Å²) < 4.78 is 0. The van der Waals surface area contributed by atoms with Gasteiger partial charge in [-0.3, -0.25) is 4.79 Å². The van der Waals surface area contributed by atoms with Crippen molar-refractivity contribution >= 4 is 5.78 Å². The molecule has 3 aliphatic carbocycles. The first kappa shape index (κ1) is 8.94. The molecule has 0 N–H and O–H groups in total. The Bertz CT molecular complexity index is 292. The Balaban J connectivity index is 2.07. The second-order valence-corrected chi connectivity index (χ2v) is 6.35. The summed E-state index contributed by atoms with van der Waals surface area (Å²) in [6.45, 7) is 4.69. The Morgan fingerprint density at radius 1 is 1.29 bits per heavy atom. The molecular formula is C13H20O. The van der Waals surface area contributed by atoms with Crippen molar-refractivity contribution in [2.75, 3.05) is 0 Å². The molecule has 3 aliphatic rings. The van der Waals surface area contributed by atoms with Gasteiger partial charge in [0.1, 0.15) is 5.78 Å². The van der Waals surface area contributed by atoms with Gasteiger partial charge in [-0.2, -0.15) is 0 Å². The number of carbonyl (C=O) groups is 1. The Morgan fingerprint density at radius 3 is 2.86 bits per heavy atom. The minimum atomic E-state index is 0.310. The summed E-state index contributed by atoms with van der Waals surface area (Å²) in [4.78, 5) is 11.9. The molecule has 0 aromatic carbocycles. The van der Waals surface area contributed by atoms with Crippen molar-refractivity contribution in [1.29, 1.82) is 0 Å². The first-order valence-corrected chi connectivity index (χ1v) is 6.09. The molecule has 0 heterocycles. The van der Waals surface area contributed by atoms with Crippen LogP contribution in [-0.4, -0.2) is 5.78 Å². The van der Waals surface area contributed by atoms with Gasteiger partial charge in [0.15, 0.2) is 0 Å². The molecule has 78 valence electrons. The molecule has 1 heteroatoms. The van der Waals surface area contributed by atoms with Gasteiger partial charge < -0.3 is 0 Å². The van der Waals surface area contributed by atoms with E-state index in [0.29, 0.717) is 22.5 Å². The van der Waals surface area contributed by atoms with Gasteiger partial charge in [0.05, 0.1) is 0 Å². The zero-order valence-corrected chi connectivity index (χ0v) is 9.31. The maximum absolute atomic E-state index is 11.9. The molecule has 0 unspecified atom stereocenters. The third-order valence-electron chi connectivity index (χ3n) is 5.57. The van der Waals surface area contributed by atoms with E-state index < -0.39 is 0 Å². The van der Waals surface area contributed by atoms with Gasteiger partial charge in [-0.25, -0.2) is 0 Å². The third kappa shape index (κ3) is 0.844. The lowest BCUT2D eigenvalue weighted by atomic mass is 9.71. The number of fused-ring (bicyclic) bond motifs is 1. The molecule has 3 rings (SSSR count). The van der Waals surface area contributed by atoms with Gasteiger partial charge in [-0.15, -0.1) is 0 Å². The zero-order chi connectivity index (χ0) is 9.97. The lowest BCUT2D eigenvalue weighted by Gasteiger charge is -2.33. The van der Waals surface area contributed by atoms with E-state index in [1.807, 2.05) is 0 Å². The smallest absolute Gasteiger partial charge is 0.136 e. The standard InChI is InChI=1S/C13H20O/c1-12(2)9-8-13(7-5-10(9)14)6-3-4-11(12)13/h9,11H,3-8H2,1-2H3/t9-,11-,13-/m1/s1. The molecule has 0 radical (unpaired) electrons. The number of rotatable bonds is 0. The van der Waals surface area contributed by atoms with Crippen LogP contribution in [0, 0.1) is 22.7 Å². The van der Waals surface area contributed by atoms with Crippen LogP contribution >= 0.6 is 0 Å². The SMILES string of the molecule is CC1(C)[C@@H]2C[C@@]3(CCC[C@H]13)CCC2=O. The summed E-state index contributed by atoms with van der Waals surface area (Å²) in [6, 6.07) is 0. The fourth-order valence-electron chi connectivity index (χ4n) is 4.93. The van der Waals surface area contributed by atoms with E-state index in [2.05, 4.69) is 13.8 Å². The molecule has 0 aromatic rings. The monoisotopic (exact) mass is 192 g/mol. The van der Waals surface area contributed by atoms with Gasteiger partial charge in [-0.1, -0.05) is 20.3 Å². The van der Waals surface area contributed by atoms with Crippen molar-refractivity contribution < 1.29 is 4.79 Å². The molecule has 0 aliphatic heterocycles. The van der Waals surface area contributed by atoms with Gasteiger partial charge in [0.25, 0.3) is 0 Å². The summed E-state index contributed by atoms with van der Waals surface area (Å²) in [5.41, 5.74) is 0.909. The minimum Gasteiger partial charge on any atom is -0.299 e. The predicted molar refractivity (Wildman–Crippen MR) is 55.9 cm³/mol. The lowest BCUT2D eigenvalue weighted by Crippen LogP contribution is -2.29. The van der Waals surface area contributed by atoms with Crippen LogP contribution in [0.3, 0.4) is 0 Å². The molecule has 3 atom stereocenters. The highest BCUT2D eigenvalue weighted by molar-refractivity contribution is 5.83. The van der Waals surface area contributed by atoms with Crippen LogP contribution in [0.4, 0.5) is 0 Å². The number of ketones is 1. The van der Waals surface area contributed by atoms with Crippen LogP contribution < -0.4 is 0 Å². The van der Waals surface area contributed by atoms with Crippen LogP contribution in [0.25, 0.3) is 0 Å². The average molecular weight is 192 g/mol. The van der Waals surface area contributed by atoms with E-state index in [0.717, 1.165) is 12.3 Å². The van der Waals surface area contributed by atoms with Gasteiger partial charge in [0, 0.05) is 12.3 Å². The molecule has 1 nitrogen and oxygen atoms in total. The molecular weight excluding hydrogens is 172 g/mol. The maximum atomic E-state index is 11.9. The van der Waals surface area contributed by atoms with Crippen molar-refractivity contribution in [1.82, 2.24) is 0 Å². The fourth-order valence-corrected chi connectivity index (χ4v) is 4.93. The van der Waals surface area contributed by atoms with E-state index in [4.69, 9.17) is 0 Å². The van der Waals surface area contributed by atoms with E-state index in [9.17, 15) is 4.79 Å². The second kappa shape index (κ2) is 2.43. The Hall–Kier alpha value is -0.330. The van der Waals surface area contributed by atoms with Crippen molar-refractivity contribution in [3.05, 3.63) is 0 Å². The second-order valence-electron chi connectivity index (χ2n) is 6.35. The summed E-state index contributed by atoms with van der Waals surface area (Å²) in [6.07, 6.45) is 7.52. The average Bonchev–Trinajstić information content (AvgIpc) is 2.59. The van der Waals surface area contributed by atoms with E-state index >= 15 is 0 Å². The van der Waals surface area contributed by atoms with Crippen LogP contribution in [-0.2, 0) is 4.79 Å². The van der Waals surface area contributed by atoms with Crippen LogP contribution in [0.5, 0.6) is 0 Å². The quantitative estimate of drug-likeness (QED) is 0.576. The van der Waals surface area contributed by atoms with Crippen molar-refractivity contribution in [2.45, 2.75) is 52.4 Å². The number of Topliss-reactive ketones (excluding diaryl/α,β-unsaturated/α-hetero) is 1. The Labute approximate surface area is 86.3 Å². The molecule has 0 aromatic heterocycles. The summed E-state index contributed by atoms with van der Waals surface area (Å²) in [5.74, 6) is 1.82. The molecule has 2 bridgehead atoms. The highest BCUT2D eigenvalue weighted by atomic mass is 16.1. The Morgan fingerprint density at radius 2 is 2.07 bits per heavy atom. The van der Waals surface area contributed by atoms with Crippen LogP contribution in [0.2, 0.25) is 0 Å². The number of hydrogen-bond acceptors (Lipinski definition) is 1. The summed E-state index contributed by atoms with van der Waals surface area (Å²) in [5, 5.41) is 0. The third-order valence-corrected chi connectivity index (χ3v) is 5.57. The van der Waals surface area contributed by atoms with Gasteiger partial charge in [-0.05, 0) is 42.4 Å². The first-order valence-electron chi connectivity index (χ1n) is 6.09. The van der Waals surface area contributed by atoms with Crippen molar-refractivity contribution in [2.24, 2.45) is 22.7 Å². The van der Waals surface area contributed by atoms with Gasteiger partial charge in [0.2, 0.25) is 0 Å². The van der Waals surface area contributed by atoms with E-state index in [-0.39, 0.29) is 0 Å². The van der Waals surface area contributed by atoms with Crippen LogP contribution in [0.15, 0.2) is 0 Å². The normalized spacial score (nSPS) is 49.4. The van der Waals surface area contributed by atoms with Crippen LogP contribution in [0.1, 0.15) is 52.4 Å². The molecule has 3 saturated carbocycles. The van der Waals surface area contributed by atoms with E-state index in [1.54, 1.807) is 0 Å². The van der Waals surface area contributed by atoms with Gasteiger partial charge >= 0.3 is 0 Å². The highest BCUT2D eigenvalue weighted by Gasteiger charge is 2.62. The van der Waals surface area contributed by atoms with Crippen molar-refractivity contribution in [3.63, 3.8) is 0 Å².